The molecule has 7 nitrogen and oxygen atoms in total. The minimum atomic E-state index is -4.87. The molecule has 0 radical (unpaired) electrons. The molecule has 196 valence electrons. The lowest BCUT2D eigenvalue weighted by atomic mass is 10.1. The zero-order chi connectivity index (χ0) is 25.4. The SMILES string of the molecule is CC(OC(=O)N1CCN(Cc2ccc(N3CC4CCC(C3)O4)cc2OC(F)(F)F)CC1)C(F)(F)F. The molecule has 3 atom stereocenters. The number of rotatable bonds is 5. The molecule has 1 amide bonds. The number of piperazine rings is 1. The Hall–Kier alpha value is -2.41. The fourth-order valence-electron chi connectivity index (χ4n) is 4.54. The molecule has 3 aliphatic rings. The lowest BCUT2D eigenvalue weighted by Gasteiger charge is -2.36. The predicted molar refractivity (Wildman–Crippen MR) is 112 cm³/mol. The third-order valence-corrected chi connectivity index (χ3v) is 6.45. The Bertz CT molecular complexity index is 892. The van der Waals surface area contributed by atoms with Crippen molar-refractivity contribution in [3.63, 3.8) is 0 Å². The van der Waals surface area contributed by atoms with Gasteiger partial charge in [0.2, 0.25) is 0 Å². The van der Waals surface area contributed by atoms with E-state index in [1.807, 2.05) is 9.80 Å². The van der Waals surface area contributed by atoms with Gasteiger partial charge in [-0.25, -0.2) is 4.79 Å². The molecule has 0 spiro atoms. The second kappa shape index (κ2) is 9.92. The van der Waals surface area contributed by atoms with Crippen LogP contribution < -0.4 is 9.64 Å². The first-order valence-electron chi connectivity index (χ1n) is 11.4. The van der Waals surface area contributed by atoms with E-state index in [1.54, 1.807) is 12.1 Å². The second-order valence-corrected chi connectivity index (χ2v) is 9.03. The predicted octanol–water partition coefficient (Wildman–Crippen LogP) is 4.16. The van der Waals surface area contributed by atoms with Crippen molar-refractivity contribution < 1.29 is 45.3 Å². The molecule has 13 heteroatoms. The van der Waals surface area contributed by atoms with Gasteiger partial charge in [0.25, 0.3) is 0 Å². The third kappa shape index (κ3) is 6.63. The van der Waals surface area contributed by atoms with E-state index in [1.165, 1.54) is 6.07 Å². The first kappa shape index (κ1) is 25.7. The lowest BCUT2D eigenvalue weighted by Crippen LogP contribution is -2.49. The van der Waals surface area contributed by atoms with E-state index >= 15 is 0 Å². The van der Waals surface area contributed by atoms with Crippen LogP contribution in [0, 0.1) is 0 Å². The highest BCUT2D eigenvalue weighted by molar-refractivity contribution is 5.68. The van der Waals surface area contributed by atoms with Gasteiger partial charge in [0.05, 0.1) is 12.2 Å². The standard InChI is InChI=1S/C22H27F6N3O4/c1-14(21(23,24)25)33-20(32)30-8-6-29(7-9-30)11-15-2-3-16(10-19(15)35-22(26,27)28)31-12-17-4-5-18(13-31)34-17/h2-3,10,14,17-18H,4-9,11-13H2,1H3. The Morgan fingerprint density at radius 1 is 1.06 bits per heavy atom. The van der Waals surface area contributed by atoms with Crippen molar-refractivity contribution in [3.05, 3.63) is 23.8 Å². The summed E-state index contributed by atoms with van der Waals surface area (Å²) < 4.78 is 91.8. The highest BCUT2D eigenvalue weighted by atomic mass is 19.4. The monoisotopic (exact) mass is 511 g/mol. The minimum absolute atomic E-state index is 0.0718. The average Bonchev–Trinajstić information content (AvgIpc) is 3.11. The summed E-state index contributed by atoms with van der Waals surface area (Å²) in [5.74, 6) is -0.297. The van der Waals surface area contributed by atoms with E-state index in [0.717, 1.165) is 24.7 Å². The quantitative estimate of drug-likeness (QED) is 0.554. The van der Waals surface area contributed by atoms with Crippen LogP contribution in [0.4, 0.5) is 36.8 Å². The Balaban J connectivity index is 1.39. The van der Waals surface area contributed by atoms with Gasteiger partial charge in [-0.1, -0.05) is 6.07 Å². The molecule has 3 fully saturated rings. The van der Waals surface area contributed by atoms with Gasteiger partial charge in [0, 0.05) is 63.1 Å². The van der Waals surface area contributed by atoms with Gasteiger partial charge in [-0.15, -0.1) is 13.2 Å². The van der Waals surface area contributed by atoms with Crippen LogP contribution >= 0.6 is 0 Å². The number of alkyl halides is 6. The van der Waals surface area contributed by atoms with E-state index in [9.17, 15) is 31.1 Å². The van der Waals surface area contributed by atoms with Crippen LogP contribution in [-0.4, -0.2) is 86.0 Å². The van der Waals surface area contributed by atoms with Crippen LogP contribution in [0.3, 0.4) is 0 Å². The van der Waals surface area contributed by atoms with Crippen molar-refractivity contribution >= 4 is 11.8 Å². The lowest BCUT2D eigenvalue weighted by molar-refractivity contribution is -0.275. The molecule has 35 heavy (non-hydrogen) atoms. The first-order chi connectivity index (χ1) is 16.4. The van der Waals surface area contributed by atoms with Crippen molar-refractivity contribution in [1.29, 1.82) is 0 Å². The first-order valence-corrected chi connectivity index (χ1v) is 11.4. The number of carbonyl (C=O) groups is 1. The fraction of sp³-hybridized carbons (Fsp3) is 0.682. The summed E-state index contributed by atoms with van der Waals surface area (Å²) in [5.41, 5.74) is 0.948. The van der Waals surface area contributed by atoms with E-state index in [0.29, 0.717) is 24.3 Å². The molecule has 0 aromatic heterocycles. The maximum Gasteiger partial charge on any atom is 0.573 e. The number of morpholine rings is 1. The third-order valence-electron chi connectivity index (χ3n) is 6.45. The summed E-state index contributed by atoms with van der Waals surface area (Å²) in [6, 6.07) is 4.74. The molecule has 1 aromatic carbocycles. The highest BCUT2D eigenvalue weighted by Crippen LogP contribution is 2.35. The summed E-state index contributed by atoms with van der Waals surface area (Å²) in [6.07, 6.45) is -10.8. The number of ether oxygens (including phenoxy) is 3. The molecule has 3 heterocycles. The van der Waals surface area contributed by atoms with Crippen LogP contribution in [0.2, 0.25) is 0 Å². The topological polar surface area (TPSA) is 54.5 Å². The smallest absolute Gasteiger partial charge is 0.437 e. The molecule has 4 rings (SSSR count). The molecule has 3 saturated heterocycles. The Labute approximate surface area is 198 Å². The van der Waals surface area contributed by atoms with Crippen LogP contribution in [0.25, 0.3) is 0 Å². The van der Waals surface area contributed by atoms with Crippen molar-refractivity contribution in [2.45, 2.75) is 57.2 Å². The van der Waals surface area contributed by atoms with E-state index in [-0.39, 0.29) is 50.7 Å². The van der Waals surface area contributed by atoms with Gasteiger partial charge in [-0.05, 0) is 25.8 Å². The number of carbonyl (C=O) groups excluding carboxylic acids is 1. The van der Waals surface area contributed by atoms with Crippen molar-refractivity contribution in [2.75, 3.05) is 44.2 Å². The van der Waals surface area contributed by atoms with Gasteiger partial charge in [-0.3, -0.25) is 4.90 Å². The number of amides is 1. The summed E-state index contributed by atoms with van der Waals surface area (Å²) in [4.78, 5) is 17.0. The maximum atomic E-state index is 13.1. The van der Waals surface area contributed by atoms with Crippen LogP contribution in [0.5, 0.6) is 5.75 Å². The van der Waals surface area contributed by atoms with Gasteiger partial charge in [0.15, 0.2) is 6.10 Å². The summed E-state index contributed by atoms with van der Waals surface area (Å²) in [5, 5.41) is 0. The zero-order valence-electron chi connectivity index (χ0n) is 19.1. The van der Waals surface area contributed by atoms with E-state index in [4.69, 9.17) is 4.74 Å². The zero-order valence-corrected chi connectivity index (χ0v) is 19.1. The molecule has 0 aliphatic carbocycles. The van der Waals surface area contributed by atoms with E-state index < -0.39 is 24.7 Å². The number of hydrogen-bond donors (Lipinski definition) is 0. The number of nitrogens with zero attached hydrogens (tertiary/aromatic N) is 3. The maximum absolute atomic E-state index is 13.1. The van der Waals surface area contributed by atoms with Crippen molar-refractivity contribution in [1.82, 2.24) is 9.80 Å². The van der Waals surface area contributed by atoms with Crippen LogP contribution in [0.15, 0.2) is 18.2 Å². The Morgan fingerprint density at radius 3 is 2.26 bits per heavy atom. The molecule has 0 N–H and O–H groups in total. The minimum Gasteiger partial charge on any atom is -0.437 e. The molecular formula is C22H27F6N3O4. The number of fused-ring (bicyclic) bond motifs is 2. The van der Waals surface area contributed by atoms with Crippen molar-refractivity contribution in [2.24, 2.45) is 0 Å². The number of anilines is 1. The normalized spacial score (nSPS) is 24.4. The van der Waals surface area contributed by atoms with E-state index in [2.05, 4.69) is 9.47 Å². The van der Waals surface area contributed by atoms with Gasteiger partial charge in [0.1, 0.15) is 5.75 Å². The molecule has 2 bridgehead atoms. The van der Waals surface area contributed by atoms with Gasteiger partial charge < -0.3 is 24.0 Å². The highest BCUT2D eigenvalue weighted by Gasteiger charge is 2.40. The van der Waals surface area contributed by atoms with Crippen LogP contribution in [0.1, 0.15) is 25.3 Å². The number of hydrogen-bond acceptors (Lipinski definition) is 6. The Morgan fingerprint density at radius 2 is 1.69 bits per heavy atom. The summed E-state index contributed by atoms with van der Waals surface area (Å²) >= 11 is 0. The largest absolute Gasteiger partial charge is 0.573 e. The van der Waals surface area contributed by atoms with Crippen molar-refractivity contribution in [3.8, 4) is 5.75 Å². The van der Waals surface area contributed by atoms with Crippen LogP contribution in [-0.2, 0) is 16.0 Å². The average molecular weight is 511 g/mol. The molecule has 0 saturated carbocycles. The summed E-state index contributed by atoms with van der Waals surface area (Å²) in [7, 11) is 0. The molecular weight excluding hydrogens is 484 g/mol. The van der Waals surface area contributed by atoms with Gasteiger partial charge in [-0.2, -0.15) is 13.2 Å². The van der Waals surface area contributed by atoms with Gasteiger partial charge >= 0.3 is 18.6 Å². The number of halogens is 6. The molecule has 3 aliphatic heterocycles. The summed E-state index contributed by atoms with van der Waals surface area (Å²) in [6.45, 7) is 2.79. The molecule has 3 unspecified atom stereocenters. The molecule has 1 aromatic rings. The fourth-order valence-corrected chi connectivity index (χ4v) is 4.54. The Kier molecular flexibility index (Phi) is 7.28. The second-order valence-electron chi connectivity index (χ2n) is 9.03. The number of benzene rings is 1.